The number of ether oxygens (including phenoxy) is 1. The topological polar surface area (TPSA) is 38.5 Å². The molecule has 0 aliphatic rings. The molecule has 0 saturated heterocycles. The second kappa shape index (κ2) is 6.91. The molecule has 1 rings (SSSR count). The van der Waals surface area contributed by atoms with Gasteiger partial charge in [0, 0.05) is 6.04 Å². The second-order valence-electron chi connectivity index (χ2n) is 5.79. The number of likely N-dealkylation sites (N-methyl/N-ethyl adjacent to an activating group) is 1. The van der Waals surface area contributed by atoms with Gasteiger partial charge in [0.15, 0.2) is 0 Å². The number of hydrogen-bond acceptors (Lipinski definition) is 3. The second-order valence-corrected chi connectivity index (χ2v) is 5.79. The Bertz CT molecular complexity index is 439. The standard InChI is InChI=1S/C17H28N2O/c1-7-16(19(4)5)17(18,12-13(2)3)14-8-10-15(20-6)11-9-14/h8-11,16H,2,7,12,18H2,1,3-6H3. The van der Waals surface area contributed by atoms with Gasteiger partial charge in [-0.2, -0.15) is 0 Å². The van der Waals surface area contributed by atoms with E-state index in [1.54, 1.807) is 7.11 Å². The summed E-state index contributed by atoms with van der Waals surface area (Å²) in [6, 6.07) is 8.32. The van der Waals surface area contributed by atoms with E-state index in [-0.39, 0.29) is 6.04 Å². The van der Waals surface area contributed by atoms with Crippen LogP contribution in [-0.4, -0.2) is 32.1 Å². The Morgan fingerprint density at radius 3 is 2.25 bits per heavy atom. The fraction of sp³-hybridized carbons (Fsp3) is 0.529. The van der Waals surface area contributed by atoms with Crippen LogP contribution in [0.3, 0.4) is 0 Å². The largest absolute Gasteiger partial charge is 0.497 e. The summed E-state index contributed by atoms with van der Waals surface area (Å²) in [4.78, 5) is 2.20. The lowest BCUT2D eigenvalue weighted by atomic mass is 9.77. The van der Waals surface area contributed by atoms with Gasteiger partial charge in [0.1, 0.15) is 5.75 Å². The van der Waals surface area contributed by atoms with Crippen molar-refractivity contribution in [2.24, 2.45) is 5.73 Å². The molecule has 0 fully saturated rings. The lowest BCUT2D eigenvalue weighted by Crippen LogP contribution is -2.54. The van der Waals surface area contributed by atoms with E-state index in [4.69, 9.17) is 10.5 Å². The van der Waals surface area contributed by atoms with E-state index in [0.29, 0.717) is 0 Å². The summed E-state index contributed by atoms with van der Waals surface area (Å²) >= 11 is 0. The van der Waals surface area contributed by atoms with Crippen molar-refractivity contribution in [1.29, 1.82) is 0 Å². The first-order valence-electron chi connectivity index (χ1n) is 7.09. The number of benzene rings is 1. The quantitative estimate of drug-likeness (QED) is 0.778. The summed E-state index contributed by atoms with van der Waals surface area (Å²) in [5.74, 6) is 0.851. The van der Waals surface area contributed by atoms with Gasteiger partial charge >= 0.3 is 0 Å². The summed E-state index contributed by atoms with van der Waals surface area (Å²) in [6.07, 6.45) is 1.76. The number of methoxy groups -OCH3 is 1. The predicted molar refractivity (Wildman–Crippen MR) is 86.1 cm³/mol. The third kappa shape index (κ3) is 3.62. The van der Waals surface area contributed by atoms with Gasteiger partial charge in [-0.05, 0) is 51.6 Å². The van der Waals surface area contributed by atoms with E-state index in [0.717, 1.165) is 29.7 Å². The molecule has 0 amide bonds. The lowest BCUT2D eigenvalue weighted by molar-refractivity contribution is 0.168. The maximum Gasteiger partial charge on any atom is 0.118 e. The fourth-order valence-electron chi connectivity index (χ4n) is 3.00. The van der Waals surface area contributed by atoms with Crippen LogP contribution < -0.4 is 10.5 Å². The maximum absolute atomic E-state index is 6.82. The van der Waals surface area contributed by atoms with Gasteiger partial charge in [-0.15, -0.1) is 6.58 Å². The van der Waals surface area contributed by atoms with Crippen LogP contribution in [-0.2, 0) is 5.54 Å². The van der Waals surface area contributed by atoms with Crippen molar-refractivity contribution in [2.45, 2.75) is 38.3 Å². The van der Waals surface area contributed by atoms with E-state index >= 15 is 0 Å². The van der Waals surface area contributed by atoms with Crippen LogP contribution in [0.25, 0.3) is 0 Å². The fourth-order valence-corrected chi connectivity index (χ4v) is 3.00. The Morgan fingerprint density at radius 2 is 1.90 bits per heavy atom. The van der Waals surface area contributed by atoms with Crippen molar-refractivity contribution in [3.05, 3.63) is 42.0 Å². The monoisotopic (exact) mass is 276 g/mol. The van der Waals surface area contributed by atoms with Crippen molar-refractivity contribution >= 4 is 0 Å². The zero-order valence-electron chi connectivity index (χ0n) is 13.4. The molecule has 2 unspecified atom stereocenters. The SMILES string of the molecule is C=C(C)CC(N)(c1ccc(OC)cc1)C(CC)N(C)C. The first kappa shape index (κ1) is 16.7. The molecular weight excluding hydrogens is 248 g/mol. The van der Waals surface area contributed by atoms with Gasteiger partial charge in [0.25, 0.3) is 0 Å². The van der Waals surface area contributed by atoms with E-state index in [9.17, 15) is 0 Å². The van der Waals surface area contributed by atoms with Gasteiger partial charge in [-0.1, -0.05) is 24.6 Å². The third-order valence-corrected chi connectivity index (χ3v) is 3.83. The van der Waals surface area contributed by atoms with Crippen LogP contribution in [0.15, 0.2) is 36.4 Å². The van der Waals surface area contributed by atoms with Gasteiger partial charge in [-0.25, -0.2) is 0 Å². The van der Waals surface area contributed by atoms with E-state index in [1.807, 2.05) is 19.1 Å². The molecule has 0 spiro atoms. The molecule has 3 nitrogen and oxygen atoms in total. The van der Waals surface area contributed by atoms with Crippen molar-refractivity contribution < 1.29 is 4.74 Å². The van der Waals surface area contributed by atoms with Crippen LogP contribution in [0.1, 0.15) is 32.3 Å². The van der Waals surface area contributed by atoms with Crippen molar-refractivity contribution in [3.63, 3.8) is 0 Å². The minimum Gasteiger partial charge on any atom is -0.497 e. The van der Waals surface area contributed by atoms with Crippen LogP contribution in [0.2, 0.25) is 0 Å². The molecule has 3 heteroatoms. The van der Waals surface area contributed by atoms with E-state index in [2.05, 4.69) is 44.6 Å². The average molecular weight is 276 g/mol. The Kier molecular flexibility index (Phi) is 5.78. The van der Waals surface area contributed by atoms with Gasteiger partial charge in [-0.3, -0.25) is 0 Å². The van der Waals surface area contributed by atoms with E-state index in [1.165, 1.54) is 0 Å². The van der Waals surface area contributed by atoms with Gasteiger partial charge in [0.05, 0.1) is 12.6 Å². The summed E-state index contributed by atoms with van der Waals surface area (Å²) in [5, 5.41) is 0. The van der Waals surface area contributed by atoms with Gasteiger partial charge in [0.2, 0.25) is 0 Å². The Balaban J connectivity index is 3.24. The Hall–Kier alpha value is -1.32. The summed E-state index contributed by atoms with van der Waals surface area (Å²) in [5.41, 5.74) is 8.62. The molecule has 2 N–H and O–H groups in total. The van der Waals surface area contributed by atoms with Crippen LogP contribution in [0.4, 0.5) is 0 Å². The summed E-state index contributed by atoms with van der Waals surface area (Å²) in [6.45, 7) is 8.26. The molecule has 112 valence electrons. The van der Waals surface area contributed by atoms with Crippen LogP contribution >= 0.6 is 0 Å². The summed E-state index contributed by atoms with van der Waals surface area (Å²) < 4.78 is 5.23. The Morgan fingerprint density at radius 1 is 1.35 bits per heavy atom. The highest BCUT2D eigenvalue weighted by Crippen LogP contribution is 2.33. The molecule has 20 heavy (non-hydrogen) atoms. The van der Waals surface area contributed by atoms with E-state index < -0.39 is 5.54 Å². The molecule has 0 aromatic heterocycles. The zero-order valence-corrected chi connectivity index (χ0v) is 13.4. The van der Waals surface area contributed by atoms with Crippen LogP contribution in [0.5, 0.6) is 5.75 Å². The predicted octanol–water partition coefficient (Wildman–Crippen LogP) is 3.16. The molecule has 1 aromatic carbocycles. The smallest absolute Gasteiger partial charge is 0.118 e. The highest BCUT2D eigenvalue weighted by Gasteiger charge is 2.36. The molecule has 0 heterocycles. The molecule has 0 aliphatic carbocycles. The van der Waals surface area contributed by atoms with Crippen molar-refractivity contribution in [1.82, 2.24) is 4.90 Å². The Labute approximate surface area is 123 Å². The molecule has 0 saturated carbocycles. The first-order valence-corrected chi connectivity index (χ1v) is 7.09. The number of nitrogens with zero attached hydrogens (tertiary/aromatic N) is 1. The maximum atomic E-state index is 6.82. The average Bonchev–Trinajstić information content (AvgIpc) is 2.38. The van der Waals surface area contributed by atoms with Crippen molar-refractivity contribution in [3.8, 4) is 5.75 Å². The molecule has 1 aromatic rings. The highest BCUT2D eigenvalue weighted by atomic mass is 16.5. The molecular formula is C17H28N2O. The lowest BCUT2D eigenvalue weighted by Gasteiger charge is -2.41. The minimum atomic E-state index is -0.434. The van der Waals surface area contributed by atoms with Crippen molar-refractivity contribution in [2.75, 3.05) is 21.2 Å². The molecule has 0 radical (unpaired) electrons. The normalized spacial score (nSPS) is 15.8. The number of hydrogen-bond donors (Lipinski definition) is 1. The van der Waals surface area contributed by atoms with Gasteiger partial charge < -0.3 is 15.4 Å². The first-order chi connectivity index (χ1) is 9.35. The number of nitrogens with two attached hydrogens (primary N) is 1. The van der Waals surface area contributed by atoms with Crippen LogP contribution in [0, 0.1) is 0 Å². The molecule has 2 atom stereocenters. The highest BCUT2D eigenvalue weighted by molar-refractivity contribution is 5.34. The summed E-state index contributed by atoms with van der Waals surface area (Å²) in [7, 11) is 5.84. The molecule has 0 bridgehead atoms. The minimum absolute atomic E-state index is 0.257. The third-order valence-electron chi connectivity index (χ3n) is 3.83. The zero-order chi connectivity index (χ0) is 15.3. The number of rotatable bonds is 7. The molecule has 0 aliphatic heterocycles.